The monoisotopic (exact) mass is 470 g/mol. The van der Waals surface area contributed by atoms with Crippen molar-refractivity contribution >= 4 is 27.5 Å². The van der Waals surface area contributed by atoms with Crippen LogP contribution in [0.4, 0.5) is 0 Å². The second-order valence-electron chi connectivity index (χ2n) is 7.48. The highest BCUT2D eigenvalue weighted by atomic mass is 35.5. The Balaban J connectivity index is 1.45. The van der Waals surface area contributed by atoms with Gasteiger partial charge in [-0.15, -0.1) is 0 Å². The molecule has 1 fully saturated rings. The third-order valence-electron chi connectivity index (χ3n) is 5.12. The number of amides is 1. The fourth-order valence-electron chi connectivity index (χ4n) is 3.41. The minimum Gasteiger partial charge on any atom is -0.492 e. The molecule has 11 heteroatoms. The predicted molar refractivity (Wildman–Crippen MR) is 116 cm³/mol. The zero-order valence-corrected chi connectivity index (χ0v) is 19.4. The number of nitrogens with zero attached hydrogens (tertiary/aromatic N) is 4. The summed E-state index contributed by atoms with van der Waals surface area (Å²) in [5, 5.41) is 4.38. The summed E-state index contributed by atoms with van der Waals surface area (Å²) in [6.45, 7) is 5.61. The number of benzene rings is 1. The smallest absolute Gasteiger partial charge is 0.248 e. The van der Waals surface area contributed by atoms with Gasteiger partial charge in [0.2, 0.25) is 15.9 Å². The maximum atomic E-state index is 12.9. The fourth-order valence-corrected chi connectivity index (χ4v) is 5.25. The second kappa shape index (κ2) is 9.99. The molecule has 1 aromatic heterocycles. The molecule has 0 bridgehead atoms. The van der Waals surface area contributed by atoms with E-state index in [0.29, 0.717) is 37.0 Å². The van der Waals surface area contributed by atoms with Crippen LogP contribution in [0.15, 0.2) is 33.7 Å². The third kappa shape index (κ3) is 5.76. The van der Waals surface area contributed by atoms with Gasteiger partial charge < -0.3 is 14.2 Å². The number of aryl methyl sites for hydroxylation is 2. The molecule has 170 valence electrons. The highest BCUT2D eigenvalue weighted by Crippen LogP contribution is 2.24. The van der Waals surface area contributed by atoms with Gasteiger partial charge in [-0.25, -0.2) is 8.42 Å². The van der Waals surface area contributed by atoms with Crippen LogP contribution >= 0.6 is 11.6 Å². The molecule has 1 aromatic carbocycles. The zero-order valence-electron chi connectivity index (χ0n) is 17.9. The first-order valence-corrected chi connectivity index (χ1v) is 11.8. The van der Waals surface area contributed by atoms with Gasteiger partial charge in [0, 0.05) is 37.7 Å². The van der Waals surface area contributed by atoms with Crippen LogP contribution in [0.2, 0.25) is 5.02 Å². The normalized spacial score (nSPS) is 15.5. The first-order chi connectivity index (χ1) is 14.7. The Hall–Kier alpha value is -2.14. The number of hydrogen-bond acceptors (Lipinski definition) is 7. The Morgan fingerprint density at radius 3 is 2.42 bits per heavy atom. The van der Waals surface area contributed by atoms with E-state index in [1.807, 2.05) is 11.9 Å². The number of rotatable bonds is 8. The summed E-state index contributed by atoms with van der Waals surface area (Å²) in [6, 6.07) is 7.11. The molecule has 0 atom stereocenters. The van der Waals surface area contributed by atoms with Gasteiger partial charge in [0.1, 0.15) is 22.9 Å². The van der Waals surface area contributed by atoms with Crippen LogP contribution < -0.4 is 4.74 Å². The van der Waals surface area contributed by atoms with E-state index >= 15 is 0 Å². The lowest BCUT2D eigenvalue weighted by Crippen LogP contribution is -2.52. The standard InChI is InChI=1S/C20H27ClN4O5S/c1-15-20(16(2)30-22-15)31(27,28)25-10-8-24(9-11-25)19(26)14-23(3)12-13-29-18-6-4-17(21)5-7-18/h4-7H,8-14H2,1-3H3. The van der Waals surface area contributed by atoms with Crippen LogP contribution in [0, 0.1) is 13.8 Å². The summed E-state index contributed by atoms with van der Waals surface area (Å²) < 4.78 is 37.8. The molecule has 1 aliphatic rings. The molecular formula is C20H27ClN4O5S. The third-order valence-corrected chi connectivity index (χ3v) is 7.51. The molecule has 2 aromatic rings. The number of likely N-dealkylation sites (N-methyl/N-ethyl adjacent to an activating group) is 1. The van der Waals surface area contributed by atoms with Crippen molar-refractivity contribution in [3.63, 3.8) is 0 Å². The van der Waals surface area contributed by atoms with Gasteiger partial charge in [-0.2, -0.15) is 4.31 Å². The van der Waals surface area contributed by atoms with E-state index in [1.165, 1.54) is 4.31 Å². The molecule has 0 spiro atoms. The molecule has 1 saturated heterocycles. The minimum absolute atomic E-state index is 0.0385. The quantitative estimate of drug-likeness (QED) is 0.580. The van der Waals surface area contributed by atoms with Gasteiger partial charge in [-0.1, -0.05) is 16.8 Å². The predicted octanol–water partition coefficient (Wildman–Crippen LogP) is 1.79. The molecule has 0 saturated carbocycles. The molecule has 0 N–H and O–H groups in total. The SMILES string of the molecule is Cc1noc(C)c1S(=O)(=O)N1CCN(C(=O)CN(C)CCOc2ccc(Cl)cc2)CC1. The lowest BCUT2D eigenvalue weighted by Gasteiger charge is -2.34. The van der Waals surface area contributed by atoms with Gasteiger partial charge >= 0.3 is 0 Å². The number of halogens is 1. The van der Waals surface area contributed by atoms with Gasteiger partial charge in [0.25, 0.3) is 0 Å². The number of carbonyl (C=O) groups excluding carboxylic acids is 1. The Morgan fingerprint density at radius 1 is 1.19 bits per heavy atom. The number of piperazine rings is 1. The molecule has 0 aliphatic carbocycles. The second-order valence-corrected chi connectivity index (χ2v) is 9.79. The molecule has 1 amide bonds. The Kier molecular flexibility index (Phi) is 7.58. The number of sulfonamides is 1. The average molecular weight is 471 g/mol. The van der Waals surface area contributed by atoms with Crippen molar-refractivity contribution in [2.45, 2.75) is 18.7 Å². The topological polar surface area (TPSA) is 96.2 Å². The lowest BCUT2D eigenvalue weighted by atomic mass is 10.3. The van der Waals surface area contributed by atoms with Crippen molar-refractivity contribution in [3.05, 3.63) is 40.7 Å². The van der Waals surface area contributed by atoms with Crippen LogP contribution in [0.5, 0.6) is 5.75 Å². The van der Waals surface area contributed by atoms with Crippen molar-refractivity contribution in [3.8, 4) is 5.75 Å². The van der Waals surface area contributed by atoms with E-state index in [9.17, 15) is 13.2 Å². The molecule has 3 rings (SSSR count). The first-order valence-electron chi connectivity index (χ1n) is 9.96. The van der Waals surface area contributed by atoms with Crippen LogP contribution in [-0.2, 0) is 14.8 Å². The largest absolute Gasteiger partial charge is 0.492 e. The van der Waals surface area contributed by atoms with E-state index in [4.69, 9.17) is 20.9 Å². The van der Waals surface area contributed by atoms with Crippen LogP contribution in [0.25, 0.3) is 0 Å². The lowest BCUT2D eigenvalue weighted by molar-refractivity contribution is -0.133. The molecule has 31 heavy (non-hydrogen) atoms. The summed E-state index contributed by atoms with van der Waals surface area (Å²) >= 11 is 5.85. The fraction of sp³-hybridized carbons (Fsp3) is 0.500. The summed E-state index contributed by atoms with van der Waals surface area (Å²) in [7, 11) is -1.84. The van der Waals surface area contributed by atoms with Gasteiger partial charge in [0.15, 0.2) is 5.76 Å². The van der Waals surface area contributed by atoms with Crippen LogP contribution in [0.1, 0.15) is 11.5 Å². The van der Waals surface area contributed by atoms with E-state index in [-0.39, 0.29) is 36.2 Å². The molecule has 0 unspecified atom stereocenters. The van der Waals surface area contributed by atoms with Crippen molar-refractivity contribution in [1.82, 2.24) is 19.3 Å². The van der Waals surface area contributed by atoms with Crippen LogP contribution in [0.3, 0.4) is 0 Å². The molecule has 9 nitrogen and oxygen atoms in total. The average Bonchev–Trinajstić information content (AvgIpc) is 3.08. The number of hydrogen-bond donors (Lipinski definition) is 0. The summed E-state index contributed by atoms with van der Waals surface area (Å²) in [4.78, 5) is 16.3. The molecule has 1 aliphatic heterocycles. The van der Waals surface area contributed by atoms with Crippen molar-refractivity contribution in [2.24, 2.45) is 0 Å². The highest BCUT2D eigenvalue weighted by molar-refractivity contribution is 7.89. The first kappa shape index (κ1) is 23.5. The maximum absolute atomic E-state index is 12.9. The Morgan fingerprint density at radius 2 is 1.84 bits per heavy atom. The summed E-state index contributed by atoms with van der Waals surface area (Å²) in [5.41, 5.74) is 0.346. The zero-order chi connectivity index (χ0) is 22.6. The Bertz CT molecular complexity index is 982. The number of ether oxygens (including phenoxy) is 1. The van der Waals surface area contributed by atoms with Gasteiger partial charge in [0.05, 0.1) is 6.54 Å². The van der Waals surface area contributed by atoms with Crippen molar-refractivity contribution in [1.29, 1.82) is 0 Å². The van der Waals surface area contributed by atoms with E-state index in [1.54, 1.807) is 43.0 Å². The van der Waals surface area contributed by atoms with Crippen LogP contribution in [-0.4, -0.2) is 86.5 Å². The number of aromatic nitrogens is 1. The summed E-state index contributed by atoms with van der Waals surface area (Å²) in [6.07, 6.45) is 0. The molecule has 0 radical (unpaired) electrons. The van der Waals surface area contributed by atoms with E-state index in [2.05, 4.69) is 5.16 Å². The van der Waals surface area contributed by atoms with Crippen molar-refractivity contribution < 1.29 is 22.5 Å². The van der Waals surface area contributed by atoms with Crippen molar-refractivity contribution in [2.75, 3.05) is 52.9 Å². The van der Waals surface area contributed by atoms with Gasteiger partial charge in [-0.05, 0) is 45.2 Å². The minimum atomic E-state index is -3.69. The highest BCUT2D eigenvalue weighted by Gasteiger charge is 2.34. The maximum Gasteiger partial charge on any atom is 0.248 e. The van der Waals surface area contributed by atoms with E-state index < -0.39 is 10.0 Å². The van der Waals surface area contributed by atoms with E-state index in [0.717, 1.165) is 5.75 Å². The molecular weight excluding hydrogens is 444 g/mol. The van der Waals surface area contributed by atoms with Gasteiger partial charge in [-0.3, -0.25) is 9.69 Å². The summed E-state index contributed by atoms with van der Waals surface area (Å²) in [5.74, 6) is 0.960. The Labute approximate surface area is 187 Å². The molecule has 2 heterocycles. The number of carbonyl (C=O) groups is 1.